The Hall–Kier alpha value is -1.59. The number of hydrogen-bond acceptors (Lipinski definition) is 4. The van der Waals surface area contributed by atoms with Gasteiger partial charge in [0.1, 0.15) is 12.7 Å². The van der Waals surface area contributed by atoms with Crippen molar-refractivity contribution in [2.75, 3.05) is 25.5 Å². The molecule has 1 aromatic carbocycles. The number of nitrogens with zero attached hydrogens (tertiary/aromatic N) is 4. The van der Waals surface area contributed by atoms with Gasteiger partial charge in [-0.2, -0.15) is 5.10 Å². The third-order valence-corrected chi connectivity index (χ3v) is 3.84. The summed E-state index contributed by atoms with van der Waals surface area (Å²) < 4.78 is 1.76. The number of hydrogen-bond donors (Lipinski definition) is 1. The number of benzene rings is 1. The molecule has 1 unspecified atom stereocenters. The van der Waals surface area contributed by atoms with Crippen LogP contribution in [0.15, 0.2) is 30.9 Å². The predicted molar refractivity (Wildman–Crippen MR) is 80.5 cm³/mol. The van der Waals surface area contributed by atoms with E-state index < -0.39 is 0 Å². The molecule has 5 nitrogen and oxygen atoms in total. The fourth-order valence-corrected chi connectivity index (χ4v) is 2.83. The fraction of sp³-hybridized carbons (Fsp3) is 0.429. The lowest BCUT2D eigenvalue weighted by molar-refractivity contribution is 0.261. The number of likely N-dealkylation sites (N-methyl/N-ethyl adjacent to an activating group) is 1. The Morgan fingerprint density at radius 1 is 1.40 bits per heavy atom. The molecule has 0 bridgehead atoms. The Bertz CT molecular complexity index is 569. The van der Waals surface area contributed by atoms with E-state index in [-0.39, 0.29) is 0 Å². The van der Waals surface area contributed by atoms with Gasteiger partial charge in [-0.3, -0.25) is 0 Å². The summed E-state index contributed by atoms with van der Waals surface area (Å²) in [6, 6.07) is 6.23. The van der Waals surface area contributed by atoms with E-state index in [4.69, 9.17) is 11.6 Å². The number of aromatic nitrogens is 3. The minimum Gasteiger partial charge on any atom is -0.379 e. The number of nitrogens with one attached hydrogen (secondary N) is 1. The van der Waals surface area contributed by atoms with Gasteiger partial charge in [-0.25, -0.2) is 9.67 Å². The van der Waals surface area contributed by atoms with Crippen LogP contribution in [-0.2, 0) is 0 Å². The monoisotopic (exact) mass is 291 g/mol. The van der Waals surface area contributed by atoms with Crippen LogP contribution in [0.2, 0.25) is 5.02 Å². The van der Waals surface area contributed by atoms with Crippen LogP contribution in [0, 0.1) is 0 Å². The molecule has 1 aliphatic heterocycles. The van der Waals surface area contributed by atoms with E-state index in [9.17, 15) is 0 Å². The molecule has 0 saturated carbocycles. The van der Waals surface area contributed by atoms with Gasteiger partial charge >= 0.3 is 0 Å². The Kier molecular flexibility index (Phi) is 3.89. The minimum absolute atomic E-state index is 0.439. The Morgan fingerprint density at radius 3 is 3.05 bits per heavy atom. The molecule has 2 aromatic rings. The molecule has 1 N–H and O–H groups in total. The molecule has 1 aliphatic rings. The van der Waals surface area contributed by atoms with Crippen LogP contribution in [-0.4, -0.2) is 45.8 Å². The molecule has 1 fully saturated rings. The summed E-state index contributed by atoms with van der Waals surface area (Å²) in [5, 5.41) is 8.51. The lowest BCUT2D eigenvalue weighted by atomic mass is 10.1. The second-order valence-corrected chi connectivity index (χ2v) is 5.68. The summed E-state index contributed by atoms with van der Waals surface area (Å²) in [7, 11) is 2.16. The van der Waals surface area contributed by atoms with Gasteiger partial charge in [-0.1, -0.05) is 11.6 Å². The van der Waals surface area contributed by atoms with Gasteiger partial charge in [0.05, 0.1) is 11.4 Å². The van der Waals surface area contributed by atoms with Crippen molar-refractivity contribution in [1.82, 2.24) is 19.7 Å². The van der Waals surface area contributed by atoms with E-state index in [0.29, 0.717) is 6.04 Å². The topological polar surface area (TPSA) is 46.0 Å². The Morgan fingerprint density at radius 2 is 2.30 bits per heavy atom. The van der Waals surface area contributed by atoms with Crippen molar-refractivity contribution in [2.24, 2.45) is 0 Å². The average molecular weight is 292 g/mol. The van der Waals surface area contributed by atoms with Crippen molar-refractivity contribution in [3.63, 3.8) is 0 Å². The van der Waals surface area contributed by atoms with Crippen LogP contribution >= 0.6 is 11.6 Å². The third-order valence-electron chi connectivity index (χ3n) is 3.61. The normalized spacial score (nSPS) is 20.0. The predicted octanol–water partition coefficient (Wildman–Crippen LogP) is 2.43. The average Bonchev–Trinajstić information content (AvgIpc) is 2.93. The summed E-state index contributed by atoms with van der Waals surface area (Å²) in [4.78, 5) is 6.35. The zero-order valence-electron chi connectivity index (χ0n) is 11.5. The minimum atomic E-state index is 0.439. The molecule has 1 atom stereocenters. The van der Waals surface area contributed by atoms with Crippen LogP contribution in [0.4, 0.5) is 5.69 Å². The summed E-state index contributed by atoms with van der Waals surface area (Å²) >= 11 is 6.13. The first-order chi connectivity index (χ1) is 9.72. The number of halogens is 1. The lowest BCUT2D eigenvalue weighted by Crippen LogP contribution is -2.39. The number of likely N-dealkylation sites (tertiary alicyclic amines) is 1. The maximum atomic E-state index is 6.13. The molecule has 2 heterocycles. The van der Waals surface area contributed by atoms with Crippen LogP contribution in [0.3, 0.4) is 0 Å². The van der Waals surface area contributed by atoms with Crippen molar-refractivity contribution in [3.05, 3.63) is 35.9 Å². The number of piperidine rings is 1. The van der Waals surface area contributed by atoms with Crippen LogP contribution < -0.4 is 5.32 Å². The smallest absolute Gasteiger partial charge is 0.138 e. The van der Waals surface area contributed by atoms with E-state index in [1.165, 1.54) is 25.7 Å². The van der Waals surface area contributed by atoms with Crippen molar-refractivity contribution in [2.45, 2.75) is 18.9 Å². The fourth-order valence-electron chi connectivity index (χ4n) is 2.66. The second kappa shape index (κ2) is 5.81. The quantitative estimate of drug-likeness (QED) is 0.943. The molecule has 20 heavy (non-hydrogen) atoms. The van der Waals surface area contributed by atoms with E-state index in [1.807, 2.05) is 18.2 Å². The first-order valence-corrected chi connectivity index (χ1v) is 7.20. The first-order valence-electron chi connectivity index (χ1n) is 6.82. The molecular formula is C14H18ClN5. The van der Waals surface area contributed by atoms with Gasteiger partial charge in [-0.05, 0) is 44.6 Å². The van der Waals surface area contributed by atoms with E-state index >= 15 is 0 Å². The van der Waals surface area contributed by atoms with E-state index in [0.717, 1.165) is 22.9 Å². The first kappa shape index (κ1) is 13.4. The summed E-state index contributed by atoms with van der Waals surface area (Å²) in [6.07, 6.45) is 5.62. The lowest BCUT2D eigenvalue weighted by Gasteiger charge is -2.31. The van der Waals surface area contributed by atoms with Gasteiger partial charge in [0.15, 0.2) is 0 Å². The molecule has 0 amide bonds. The molecule has 1 saturated heterocycles. The van der Waals surface area contributed by atoms with Crippen molar-refractivity contribution >= 4 is 17.3 Å². The molecule has 3 rings (SSSR count). The molecule has 6 heteroatoms. The highest BCUT2D eigenvalue weighted by Crippen LogP contribution is 2.26. The standard InChI is InChI=1S/C14H18ClN5/c1-19-6-2-3-12(8-19)18-13-7-11(15)4-5-14(13)20-10-16-9-17-20/h4-5,7,9-10,12,18H,2-3,6,8H2,1H3. The van der Waals surface area contributed by atoms with Crippen LogP contribution in [0.5, 0.6) is 0 Å². The maximum Gasteiger partial charge on any atom is 0.138 e. The van der Waals surface area contributed by atoms with Gasteiger partial charge < -0.3 is 10.2 Å². The van der Waals surface area contributed by atoms with Gasteiger partial charge in [0, 0.05) is 17.6 Å². The summed E-state index contributed by atoms with van der Waals surface area (Å²) in [6.45, 7) is 2.22. The SMILES string of the molecule is CN1CCCC(Nc2cc(Cl)ccc2-n2cncn2)C1. The maximum absolute atomic E-state index is 6.13. The zero-order valence-corrected chi connectivity index (χ0v) is 12.2. The highest BCUT2D eigenvalue weighted by Gasteiger charge is 2.18. The number of rotatable bonds is 3. The molecule has 0 radical (unpaired) electrons. The van der Waals surface area contributed by atoms with Crippen molar-refractivity contribution in [1.29, 1.82) is 0 Å². The van der Waals surface area contributed by atoms with E-state index in [1.54, 1.807) is 11.0 Å². The van der Waals surface area contributed by atoms with Crippen molar-refractivity contribution < 1.29 is 0 Å². The molecule has 106 valence electrons. The Labute approximate surface area is 123 Å². The Balaban J connectivity index is 1.86. The highest BCUT2D eigenvalue weighted by molar-refractivity contribution is 6.31. The third kappa shape index (κ3) is 2.94. The summed E-state index contributed by atoms with van der Waals surface area (Å²) in [5.74, 6) is 0. The number of anilines is 1. The molecule has 0 spiro atoms. The van der Waals surface area contributed by atoms with Crippen molar-refractivity contribution in [3.8, 4) is 5.69 Å². The van der Waals surface area contributed by atoms with Gasteiger partial charge in [0.25, 0.3) is 0 Å². The van der Waals surface area contributed by atoms with E-state index in [2.05, 4.69) is 27.3 Å². The van der Waals surface area contributed by atoms with Gasteiger partial charge in [0.2, 0.25) is 0 Å². The molecule has 0 aliphatic carbocycles. The van der Waals surface area contributed by atoms with Crippen LogP contribution in [0.1, 0.15) is 12.8 Å². The molecular weight excluding hydrogens is 274 g/mol. The molecule has 1 aromatic heterocycles. The second-order valence-electron chi connectivity index (χ2n) is 5.25. The largest absolute Gasteiger partial charge is 0.379 e. The van der Waals surface area contributed by atoms with Crippen LogP contribution in [0.25, 0.3) is 5.69 Å². The zero-order chi connectivity index (χ0) is 13.9. The highest BCUT2D eigenvalue weighted by atomic mass is 35.5. The summed E-state index contributed by atoms with van der Waals surface area (Å²) in [5.41, 5.74) is 1.98. The van der Waals surface area contributed by atoms with Gasteiger partial charge in [-0.15, -0.1) is 0 Å².